The van der Waals surface area contributed by atoms with Gasteiger partial charge in [0.05, 0.1) is 0 Å². The molecule has 1 heterocycles. The van der Waals surface area contributed by atoms with Gasteiger partial charge >= 0.3 is 0 Å². The molecule has 0 bridgehead atoms. The fraction of sp³-hybridized carbons (Fsp3) is 1.00. The van der Waals surface area contributed by atoms with Crippen LogP contribution in [0, 0.1) is 5.92 Å². The Hall–Kier alpha value is -0.0800. The monoisotopic (exact) mass is 182 g/mol. The molecule has 2 nitrogen and oxygen atoms in total. The van der Waals surface area contributed by atoms with Gasteiger partial charge in [0.25, 0.3) is 0 Å². The van der Waals surface area contributed by atoms with Gasteiger partial charge in [0.15, 0.2) is 0 Å². The highest BCUT2D eigenvalue weighted by Crippen LogP contribution is 2.32. The van der Waals surface area contributed by atoms with E-state index in [9.17, 15) is 0 Å². The molecular formula is C11H22N2. The molecule has 2 rings (SSSR count). The summed E-state index contributed by atoms with van der Waals surface area (Å²) in [6.45, 7) is 7.40. The Labute approximate surface area is 81.7 Å². The summed E-state index contributed by atoms with van der Waals surface area (Å²) < 4.78 is 0. The average molecular weight is 182 g/mol. The Morgan fingerprint density at radius 3 is 2.46 bits per heavy atom. The summed E-state index contributed by atoms with van der Waals surface area (Å²) in [5, 5.41) is 3.36. The zero-order valence-electron chi connectivity index (χ0n) is 8.76. The molecule has 2 heteroatoms. The summed E-state index contributed by atoms with van der Waals surface area (Å²) in [5.74, 6) is 1.09. The van der Waals surface area contributed by atoms with Crippen LogP contribution >= 0.6 is 0 Å². The van der Waals surface area contributed by atoms with Crippen LogP contribution in [-0.4, -0.2) is 37.1 Å². The lowest BCUT2D eigenvalue weighted by atomic mass is 10.1. The highest BCUT2D eigenvalue weighted by atomic mass is 15.2. The smallest absolute Gasteiger partial charge is 0.0345 e. The molecule has 0 amide bonds. The van der Waals surface area contributed by atoms with Gasteiger partial charge in [-0.2, -0.15) is 0 Å². The molecule has 0 aromatic rings. The largest absolute Gasteiger partial charge is 0.314 e. The van der Waals surface area contributed by atoms with Gasteiger partial charge in [-0.05, 0) is 31.8 Å². The van der Waals surface area contributed by atoms with Crippen molar-refractivity contribution in [3.63, 3.8) is 0 Å². The molecule has 0 aromatic carbocycles. The molecule has 0 atom stereocenters. The number of hydrogen-bond donors (Lipinski definition) is 1. The van der Waals surface area contributed by atoms with E-state index in [2.05, 4.69) is 17.1 Å². The van der Waals surface area contributed by atoms with E-state index in [4.69, 9.17) is 0 Å². The maximum Gasteiger partial charge on any atom is 0.0345 e. The Bertz CT molecular complexity index is 150. The van der Waals surface area contributed by atoms with E-state index in [1.807, 2.05) is 0 Å². The second-order valence-corrected chi connectivity index (χ2v) is 4.58. The first-order valence-electron chi connectivity index (χ1n) is 5.85. The molecule has 1 saturated heterocycles. The Morgan fingerprint density at radius 2 is 2.00 bits per heavy atom. The minimum absolute atomic E-state index is 0.860. The second kappa shape index (κ2) is 4.43. The van der Waals surface area contributed by atoms with E-state index in [1.54, 1.807) is 0 Å². The summed E-state index contributed by atoms with van der Waals surface area (Å²) in [5.41, 5.74) is 0. The Morgan fingerprint density at radius 1 is 1.23 bits per heavy atom. The summed E-state index contributed by atoms with van der Waals surface area (Å²) in [6.07, 6.45) is 5.77. The van der Waals surface area contributed by atoms with Crippen molar-refractivity contribution < 1.29 is 0 Å². The highest BCUT2D eigenvalue weighted by Gasteiger charge is 2.26. The van der Waals surface area contributed by atoms with E-state index in [0.29, 0.717) is 0 Å². The molecule has 0 spiro atoms. The topological polar surface area (TPSA) is 15.3 Å². The van der Waals surface area contributed by atoms with E-state index in [0.717, 1.165) is 12.0 Å². The van der Waals surface area contributed by atoms with Crippen molar-refractivity contribution in [2.75, 3.05) is 26.2 Å². The van der Waals surface area contributed by atoms with Crippen molar-refractivity contribution in [1.82, 2.24) is 10.2 Å². The predicted octanol–water partition coefficient (Wildman–Crippen LogP) is 1.47. The first-order valence-corrected chi connectivity index (χ1v) is 5.85. The van der Waals surface area contributed by atoms with Crippen LogP contribution in [0.1, 0.15) is 32.6 Å². The van der Waals surface area contributed by atoms with Crippen molar-refractivity contribution >= 4 is 0 Å². The van der Waals surface area contributed by atoms with Crippen LogP contribution in [0.5, 0.6) is 0 Å². The Balaban J connectivity index is 1.67. The molecule has 1 saturated carbocycles. The first kappa shape index (κ1) is 9.47. The standard InChI is InChI=1S/C11H22N2/c1-2-6-13(11-8-12-9-11)7-5-10-3-4-10/h10-12H,2-9H2,1H3. The van der Waals surface area contributed by atoms with Crippen LogP contribution in [0.15, 0.2) is 0 Å². The number of nitrogens with one attached hydrogen (secondary N) is 1. The van der Waals surface area contributed by atoms with E-state index < -0.39 is 0 Å². The number of nitrogens with zero attached hydrogens (tertiary/aromatic N) is 1. The van der Waals surface area contributed by atoms with Crippen molar-refractivity contribution in [2.45, 2.75) is 38.6 Å². The van der Waals surface area contributed by atoms with Crippen LogP contribution < -0.4 is 5.32 Å². The highest BCUT2D eigenvalue weighted by molar-refractivity contribution is 4.85. The quantitative estimate of drug-likeness (QED) is 0.669. The van der Waals surface area contributed by atoms with Gasteiger partial charge in [0, 0.05) is 19.1 Å². The van der Waals surface area contributed by atoms with Gasteiger partial charge < -0.3 is 5.32 Å². The maximum absolute atomic E-state index is 3.36. The van der Waals surface area contributed by atoms with Gasteiger partial charge in [0.1, 0.15) is 0 Å². The van der Waals surface area contributed by atoms with Crippen LogP contribution in [-0.2, 0) is 0 Å². The van der Waals surface area contributed by atoms with E-state index in [1.165, 1.54) is 51.9 Å². The third kappa shape index (κ3) is 2.68. The summed E-state index contributed by atoms with van der Waals surface area (Å²) in [7, 11) is 0. The molecule has 2 aliphatic rings. The molecular weight excluding hydrogens is 160 g/mol. The summed E-state index contributed by atoms with van der Waals surface area (Å²) in [4.78, 5) is 2.69. The van der Waals surface area contributed by atoms with Gasteiger partial charge in [-0.15, -0.1) is 0 Å². The van der Waals surface area contributed by atoms with Crippen molar-refractivity contribution in [1.29, 1.82) is 0 Å². The average Bonchev–Trinajstić information content (AvgIpc) is 2.80. The lowest BCUT2D eigenvalue weighted by Crippen LogP contribution is -2.57. The molecule has 76 valence electrons. The lowest BCUT2D eigenvalue weighted by molar-refractivity contribution is 0.142. The third-order valence-corrected chi connectivity index (χ3v) is 3.31. The van der Waals surface area contributed by atoms with Crippen LogP contribution in [0.2, 0.25) is 0 Å². The molecule has 0 aromatic heterocycles. The van der Waals surface area contributed by atoms with Crippen molar-refractivity contribution in [2.24, 2.45) is 5.92 Å². The van der Waals surface area contributed by atoms with E-state index in [-0.39, 0.29) is 0 Å². The SMILES string of the molecule is CCCN(CCC1CC1)C1CNC1. The molecule has 1 aliphatic heterocycles. The predicted molar refractivity (Wildman–Crippen MR) is 55.9 cm³/mol. The summed E-state index contributed by atoms with van der Waals surface area (Å²) >= 11 is 0. The maximum atomic E-state index is 3.36. The lowest BCUT2D eigenvalue weighted by Gasteiger charge is -2.38. The normalized spacial score (nSPS) is 23.5. The van der Waals surface area contributed by atoms with Crippen LogP contribution in [0.4, 0.5) is 0 Å². The fourth-order valence-corrected chi connectivity index (χ4v) is 2.05. The van der Waals surface area contributed by atoms with Crippen LogP contribution in [0.3, 0.4) is 0 Å². The fourth-order valence-electron chi connectivity index (χ4n) is 2.05. The third-order valence-electron chi connectivity index (χ3n) is 3.31. The molecule has 1 N–H and O–H groups in total. The van der Waals surface area contributed by atoms with Gasteiger partial charge in [-0.25, -0.2) is 0 Å². The summed E-state index contributed by atoms with van der Waals surface area (Å²) in [6, 6.07) is 0.860. The zero-order chi connectivity index (χ0) is 9.10. The second-order valence-electron chi connectivity index (χ2n) is 4.58. The van der Waals surface area contributed by atoms with Gasteiger partial charge in [0.2, 0.25) is 0 Å². The van der Waals surface area contributed by atoms with Crippen molar-refractivity contribution in [3.8, 4) is 0 Å². The molecule has 2 fully saturated rings. The first-order chi connectivity index (χ1) is 6.40. The Kier molecular flexibility index (Phi) is 3.23. The number of hydrogen-bond acceptors (Lipinski definition) is 2. The molecule has 13 heavy (non-hydrogen) atoms. The number of rotatable bonds is 6. The minimum Gasteiger partial charge on any atom is -0.314 e. The zero-order valence-corrected chi connectivity index (χ0v) is 8.76. The molecule has 1 aliphatic carbocycles. The molecule has 0 unspecified atom stereocenters. The van der Waals surface area contributed by atoms with Gasteiger partial charge in [-0.3, -0.25) is 4.90 Å². The van der Waals surface area contributed by atoms with Crippen LogP contribution in [0.25, 0.3) is 0 Å². The van der Waals surface area contributed by atoms with Crippen molar-refractivity contribution in [3.05, 3.63) is 0 Å². The minimum atomic E-state index is 0.860. The molecule has 0 radical (unpaired) electrons. The van der Waals surface area contributed by atoms with E-state index >= 15 is 0 Å². The van der Waals surface area contributed by atoms with Gasteiger partial charge in [-0.1, -0.05) is 19.8 Å².